The summed E-state index contributed by atoms with van der Waals surface area (Å²) in [7, 11) is 0. The van der Waals surface area contributed by atoms with Gasteiger partial charge in [-0.2, -0.15) is 0 Å². The molecule has 21 heavy (non-hydrogen) atoms. The molecule has 0 spiro atoms. The van der Waals surface area contributed by atoms with Gasteiger partial charge in [0.1, 0.15) is 5.58 Å². The van der Waals surface area contributed by atoms with Crippen molar-refractivity contribution in [1.82, 2.24) is 4.90 Å². The molecule has 1 saturated heterocycles. The zero-order valence-corrected chi connectivity index (χ0v) is 11.5. The molecule has 1 fully saturated rings. The summed E-state index contributed by atoms with van der Waals surface area (Å²) in [6.07, 6.45) is 0. The fourth-order valence-electron chi connectivity index (χ4n) is 2.82. The van der Waals surface area contributed by atoms with Gasteiger partial charge in [0.15, 0.2) is 5.76 Å². The molecule has 0 radical (unpaired) electrons. The van der Waals surface area contributed by atoms with Crippen molar-refractivity contribution in [2.24, 2.45) is 0 Å². The van der Waals surface area contributed by atoms with Crippen molar-refractivity contribution in [3.63, 3.8) is 0 Å². The van der Waals surface area contributed by atoms with Gasteiger partial charge in [0.25, 0.3) is 5.91 Å². The summed E-state index contributed by atoms with van der Waals surface area (Å²) in [5.41, 5.74) is 0.755. The lowest BCUT2D eigenvalue weighted by atomic mass is 10.1. The highest BCUT2D eigenvalue weighted by Crippen LogP contribution is 2.28. The first-order chi connectivity index (χ1) is 10.3. The zero-order valence-electron chi connectivity index (χ0n) is 11.5. The smallest absolute Gasteiger partial charge is 0.289 e. The molecule has 106 valence electrons. The third kappa shape index (κ3) is 2.08. The molecule has 0 atom stereocenters. The van der Waals surface area contributed by atoms with Crippen LogP contribution >= 0.6 is 0 Å². The zero-order chi connectivity index (χ0) is 14.2. The number of hydrogen-bond donors (Lipinski definition) is 0. The lowest BCUT2D eigenvalue weighted by Crippen LogP contribution is -2.40. The van der Waals surface area contributed by atoms with Crippen molar-refractivity contribution < 1.29 is 13.9 Å². The van der Waals surface area contributed by atoms with Crippen LogP contribution in [0, 0.1) is 0 Å². The summed E-state index contributed by atoms with van der Waals surface area (Å²) in [4.78, 5) is 14.3. The first kappa shape index (κ1) is 12.4. The third-order valence-electron chi connectivity index (χ3n) is 3.94. The summed E-state index contributed by atoms with van der Waals surface area (Å²) in [6, 6.07) is 13.9. The second kappa shape index (κ2) is 4.90. The largest absolute Gasteiger partial charge is 0.451 e. The molecular formula is C17H15NO3. The Morgan fingerprint density at radius 1 is 1.00 bits per heavy atom. The quantitative estimate of drug-likeness (QED) is 0.688. The Hall–Kier alpha value is -2.33. The normalized spacial score (nSPS) is 15.7. The molecule has 4 nitrogen and oxygen atoms in total. The van der Waals surface area contributed by atoms with Gasteiger partial charge in [0.05, 0.1) is 13.2 Å². The molecule has 4 rings (SSSR count). The van der Waals surface area contributed by atoms with E-state index in [0.29, 0.717) is 32.1 Å². The molecule has 1 aromatic heterocycles. The number of fused-ring (bicyclic) bond motifs is 3. The molecular weight excluding hydrogens is 266 g/mol. The Morgan fingerprint density at radius 3 is 2.67 bits per heavy atom. The summed E-state index contributed by atoms with van der Waals surface area (Å²) >= 11 is 0. The van der Waals surface area contributed by atoms with Gasteiger partial charge < -0.3 is 14.1 Å². The van der Waals surface area contributed by atoms with Gasteiger partial charge in [-0.3, -0.25) is 4.79 Å². The molecule has 2 aromatic carbocycles. The van der Waals surface area contributed by atoms with Gasteiger partial charge in [0.2, 0.25) is 0 Å². The van der Waals surface area contributed by atoms with E-state index in [0.717, 1.165) is 21.7 Å². The number of hydrogen-bond acceptors (Lipinski definition) is 3. The number of ether oxygens (including phenoxy) is 1. The van der Waals surface area contributed by atoms with Gasteiger partial charge in [0, 0.05) is 18.5 Å². The van der Waals surface area contributed by atoms with Crippen LogP contribution in [-0.4, -0.2) is 37.1 Å². The molecule has 3 aromatic rings. The molecule has 1 aliphatic heterocycles. The van der Waals surface area contributed by atoms with E-state index in [2.05, 4.69) is 12.1 Å². The molecule has 1 aliphatic rings. The predicted molar refractivity (Wildman–Crippen MR) is 80.4 cm³/mol. The first-order valence-electron chi connectivity index (χ1n) is 7.11. The molecule has 0 saturated carbocycles. The van der Waals surface area contributed by atoms with Crippen LogP contribution in [-0.2, 0) is 4.74 Å². The van der Waals surface area contributed by atoms with Crippen molar-refractivity contribution in [2.45, 2.75) is 0 Å². The Labute approximate surface area is 121 Å². The Morgan fingerprint density at radius 2 is 1.81 bits per heavy atom. The van der Waals surface area contributed by atoms with Crippen molar-refractivity contribution in [1.29, 1.82) is 0 Å². The minimum atomic E-state index is -0.0569. The van der Waals surface area contributed by atoms with Crippen molar-refractivity contribution in [3.8, 4) is 0 Å². The highest BCUT2D eigenvalue weighted by Gasteiger charge is 2.22. The maximum atomic E-state index is 12.5. The van der Waals surface area contributed by atoms with E-state index in [-0.39, 0.29) is 5.91 Å². The first-order valence-corrected chi connectivity index (χ1v) is 7.11. The van der Waals surface area contributed by atoms with Crippen LogP contribution in [0.2, 0.25) is 0 Å². The number of benzene rings is 2. The van der Waals surface area contributed by atoms with Gasteiger partial charge in [-0.25, -0.2) is 0 Å². The second-order valence-corrected chi connectivity index (χ2v) is 5.21. The molecule has 0 aliphatic carbocycles. The summed E-state index contributed by atoms with van der Waals surface area (Å²) in [6.45, 7) is 2.43. The molecule has 4 heteroatoms. The minimum Gasteiger partial charge on any atom is -0.451 e. The summed E-state index contributed by atoms with van der Waals surface area (Å²) in [5, 5.41) is 3.25. The summed E-state index contributed by atoms with van der Waals surface area (Å²) < 4.78 is 11.0. The number of rotatable bonds is 1. The van der Waals surface area contributed by atoms with E-state index in [1.807, 2.05) is 30.3 Å². The number of carbonyl (C=O) groups is 1. The van der Waals surface area contributed by atoms with Crippen molar-refractivity contribution in [2.75, 3.05) is 26.3 Å². The average molecular weight is 281 g/mol. The fourth-order valence-corrected chi connectivity index (χ4v) is 2.82. The number of amides is 1. The topological polar surface area (TPSA) is 42.7 Å². The van der Waals surface area contributed by atoms with Crippen LogP contribution in [0.25, 0.3) is 21.7 Å². The maximum absolute atomic E-state index is 12.5. The average Bonchev–Trinajstić information content (AvgIpc) is 2.99. The van der Waals surface area contributed by atoms with Gasteiger partial charge in [-0.15, -0.1) is 0 Å². The lowest BCUT2D eigenvalue weighted by molar-refractivity contribution is 0.0284. The maximum Gasteiger partial charge on any atom is 0.289 e. The van der Waals surface area contributed by atoms with Crippen LogP contribution in [0.1, 0.15) is 10.6 Å². The number of morpholine rings is 1. The van der Waals surface area contributed by atoms with Crippen LogP contribution in [0.3, 0.4) is 0 Å². The molecule has 0 N–H and O–H groups in total. The standard InChI is InChI=1S/C17H15NO3/c19-17(18-7-9-20-10-8-18)16-11-14-13-4-2-1-3-12(13)5-6-15(14)21-16/h1-6,11H,7-10H2. The van der Waals surface area contributed by atoms with Crippen LogP contribution in [0.5, 0.6) is 0 Å². The highest BCUT2D eigenvalue weighted by molar-refractivity contribution is 6.08. The third-order valence-corrected chi connectivity index (χ3v) is 3.94. The van der Waals surface area contributed by atoms with Crippen LogP contribution < -0.4 is 0 Å². The van der Waals surface area contributed by atoms with Crippen LogP contribution in [0.4, 0.5) is 0 Å². The highest BCUT2D eigenvalue weighted by atomic mass is 16.5. The van der Waals surface area contributed by atoms with E-state index < -0.39 is 0 Å². The summed E-state index contributed by atoms with van der Waals surface area (Å²) in [5.74, 6) is 0.349. The number of furan rings is 1. The van der Waals surface area contributed by atoms with Crippen molar-refractivity contribution >= 4 is 27.6 Å². The van der Waals surface area contributed by atoms with E-state index in [1.165, 1.54) is 0 Å². The van der Waals surface area contributed by atoms with Gasteiger partial charge in [-0.05, 0) is 22.9 Å². The van der Waals surface area contributed by atoms with Crippen molar-refractivity contribution in [3.05, 3.63) is 48.2 Å². The van der Waals surface area contributed by atoms with Gasteiger partial charge in [-0.1, -0.05) is 30.3 Å². The second-order valence-electron chi connectivity index (χ2n) is 5.21. The number of nitrogens with zero attached hydrogens (tertiary/aromatic N) is 1. The fraction of sp³-hybridized carbons (Fsp3) is 0.235. The molecule has 1 amide bonds. The molecule has 0 bridgehead atoms. The SMILES string of the molecule is O=C(c1cc2c(ccc3ccccc32)o1)N1CCOCC1. The lowest BCUT2D eigenvalue weighted by Gasteiger charge is -2.25. The molecule has 0 unspecified atom stereocenters. The van der Waals surface area contributed by atoms with E-state index in [1.54, 1.807) is 4.90 Å². The Kier molecular flexibility index (Phi) is 2.89. The minimum absolute atomic E-state index is 0.0569. The monoisotopic (exact) mass is 281 g/mol. The van der Waals surface area contributed by atoms with E-state index in [4.69, 9.17) is 9.15 Å². The number of carbonyl (C=O) groups excluding carboxylic acids is 1. The Bertz CT molecular complexity index is 815. The van der Waals surface area contributed by atoms with E-state index >= 15 is 0 Å². The predicted octanol–water partition coefficient (Wildman–Crippen LogP) is 3.06. The van der Waals surface area contributed by atoms with E-state index in [9.17, 15) is 4.79 Å². The van der Waals surface area contributed by atoms with Crippen LogP contribution in [0.15, 0.2) is 46.9 Å². The Balaban J connectivity index is 1.79. The van der Waals surface area contributed by atoms with Gasteiger partial charge >= 0.3 is 0 Å². The molecule has 2 heterocycles.